The second kappa shape index (κ2) is 6.43. The predicted octanol–water partition coefficient (Wildman–Crippen LogP) is 3.05. The van der Waals surface area contributed by atoms with Crippen LogP contribution < -0.4 is 9.46 Å². The Labute approximate surface area is 114 Å². The Morgan fingerprint density at radius 1 is 1.21 bits per heavy atom. The van der Waals surface area contributed by atoms with Crippen LogP contribution in [-0.4, -0.2) is 22.5 Å². The molecule has 0 radical (unpaired) electrons. The van der Waals surface area contributed by atoms with E-state index in [-0.39, 0.29) is 0 Å². The maximum Gasteiger partial charge on any atom is 0.258 e. The third kappa shape index (κ3) is 4.54. The molecule has 1 aromatic rings. The minimum Gasteiger partial charge on any atom is -0.497 e. The summed E-state index contributed by atoms with van der Waals surface area (Å²) < 4.78 is 45.0. The molecule has 0 aliphatic rings. The van der Waals surface area contributed by atoms with Gasteiger partial charge in [-0.25, -0.2) is 17.7 Å². The van der Waals surface area contributed by atoms with Gasteiger partial charge in [0.15, 0.2) is 0 Å². The van der Waals surface area contributed by atoms with Crippen molar-refractivity contribution in [3.05, 3.63) is 29.8 Å². The van der Waals surface area contributed by atoms with Crippen molar-refractivity contribution in [2.75, 3.05) is 7.11 Å². The Balaban J connectivity index is 2.91. The van der Waals surface area contributed by atoms with Gasteiger partial charge in [-0.15, -0.1) is 0 Å². The number of methoxy groups -OCH3 is 1. The fraction of sp³-hybridized carbons (Fsp3) is 0.538. The van der Waals surface area contributed by atoms with Gasteiger partial charge >= 0.3 is 0 Å². The lowest BCUT2D eigenvalue weighted by Crippen LogP contribution is -2.38. The van der Waals surface area contributed by atoms with E-state index < -0.39 is 28.2 Å². The van der Waals surface area contributed by atoms with Gasteiger partial charge in [0.2, 0.25) is 0 Å². The highest BCUT2D eigenvalue weighted by Gasteiger charge is 2.28. The van der Waals surface area contributed by atoms with Gasteiger partial charge in [-0.1, -0.05) is 12.1 Å². The van der Waals surface area contributed by atoms with Crippen LogP contribution in [0.1, 0.15) is 32.4 Å². The fourth-order valence-corrected chi connectivity index (χ4v) is 2.19. The second-order valence-electron chi connectivity index (χ2n) is 5.08. The molecule has 1 N–H and O–H groups in total. The number of rotatable bonds is 5. The number of hydrogen-bond donors (Lipinski definition) is 1. The molecule has 6 heteroatoms. The van der Waals surface area contributed by atoms with Gasteiger partial charge in [-0.05, 0) is 38.5 Å². The van der Waals surface area contributed by atoms with Crippen molar-refractivity contribution in [3.8, 4) is 5.75 Å². The van der Waals surface area contributed by atoms with Gasteiger partial charge in [0.05, 0.1) is 22.8 Å². The molecule has 0 saturated carbocycles. The van der Waals surface area contributed by atoms with Crippen LogP contribution in [0.4, 0.5) is 8.78 Å². The standard InChI is InChI=1S/C13H19F2NO2S/c1-13(2,3)19(17)16-11(12(14)15)9-5-7-10(18-4)8-6-9/h5-8,11-12,16H,1-4H3/t11-,19+/m0/s1. The van der Waals surface area contributed by atoms with Crippen LogP contribution in [0.2, 0.25) is 0 Å². The molecule has 3 nitrogen and oxygen atoms in total. The first-order valence-electron chi connectivity index (χ1n) is 5.86. The van der Waals surface area contributed by atoms with Crippen molar-refractivity contribution < 1.29 is 17.7 Å². The van der Waals surface area contributed by atoms with E-state index in [4.69, 9.17) is 4.74 Å². The molecule has 0 spiro atoms. The summed E-state index contributed by atoms with van der Waals surface area (Å²) in [6.45, 7) is 5.19. The molecule has 0 fully saturated rings. The minimum absolute atomic E-state index is 0.383. The normalized spacial score (nSPS) is 15.3. The first-order valence-corrected chi connectivity index (χ1v) is 7.01. The summed E-state index contributed by atoms with van der Waals surface area (Å²) in [5, 5.41) is 0. The van der Waals surface area contributed by atoms with E-state index in [9.17, 15) is 13.0 Å². The Morgan fingerprint density at radius 3 is 2.11 bits per heavy atom. The molecule has 108 valence electrons. The van der Waals surface area contributed by atoms with Gasteiger partial charge in [0.1, 0.15) is 11.8 Å². The third-order valence-electron chi connectivity index (χ3n) is 2.52. The molecule has 0 aromatic heterocycles. The van der Waals surface area contributed by atoms with Crippen LogP contribution >= 0.6 is 0 Å². The maximum atomic E-state index is 13.1. The van der Waals surface area contributed by atoms with Crippen LogP contribution in [0.15, 0.2) is 24.3 Å². The van der Waals surface area contributed by atoms with Gasteiger partial charge in [0.25, 0.3) is 6.43 Å². The number of halogens is 2. The van der Waals surface area contributed by atoms with Crippen LogP contribution in [0.25, 0.3) is 0 Å². The second-order valence-corrected chi connectivity index (χ2v) is 7.08. The molecule has 0 aliphatic carbocycles. The van der Waals surface area contributed by atoms with Gasteiger partial charge in [-0.3, -0.25) is 0 Å². The van der Waals surface area contributed by atoms with E-state index in [0.29, 0.717) is 11.3 Å². The van der Waals surface area contributed by atoms with E-state index in [2.05, 4.69) is 4.72 Å². The summed E-state index contributed by atoms with van der Waals surface area (Å²) in [6.07, 6.45) is -2.64. The quantitative estimate of drug-likeness (QED) is 0.905. The van der Waals surface area contributed by atoms with Crippen LogP contribution in [0, 0.1) is 0 Å². The number of ether oxygens (including phenoxy) is 1. The van der Waals surface area contributed by atoms with Crippen LogP contribution in [-0.2, 0) is 11.0 Å². The van der Waals surface area contributed by atoms with Gasteiger partial charge in [-0.2, -0.15) is 0 Å². The molecule has 0 saturated heterocycles. The number of benzene rings is 1. The molecular weight excluding hydrogens is 272 g/mol. The van der Waals surface area contributed by atoms with E-state index in [1.807, 2.05) is 0 Å². The van der Waals surface area contributed by atoms with Gasteiger partial charge in [0, 0.05) is 0 Å². The number of hydrogen-bond acceptors (Lipinski definition) is 2. The van der Waals surface area contributed by atoms with Crippen molar-refractivity contribution in [1.29, 1.82) is 0 Å². The zero-order chi connectivity index (χ0) is 14.6. The lowest BCUT2D eigenvalue weighted by atomic mass is 10.1. The molecule has 2 atom stereocenters. The van der Waals surface area contributed by atoms with E-state index in [0.717, 1.165) is 0 Å². The monoisotopic (exact) mass is 291 g/mol. The highest BCUT2D eigenvalue weighted by molar-refractivity contribution is 7.84. The summed E-state index contributed by atoms with van der Waals surface area (Å²) in [7, 11) is -0.0504. The average Bonchev–Trinajstić information content (AvgIpc) is 2.34. The molecule has 0 unspecified atom stereocenters. The van der Waals surface area contributed by atoms with Crippen LogP contribution in [0.3, 0.4) is 0 Å². The van der Waals surface area contributed by atoms with Crippen LogP contribution in [0.5, 0.6) is 5.75 Å². The van der Waals surface area contributed by atoms with Crippen molar-refractivity contribution in [1.82, 2.24) is 4.72 Å². The minimum atomic E-state index is -2.64. The molecule has 0 bridgehead atoms. The zero-order valence-corrected chi connectivity index (χ0v) is 12.3. The zero-order valence-electron chi connectivity index (χ0n) is 11.4. The van der Waals surface area contributed by atoms with E-state index in [1.54, 1.807) is 45.0 Å². The van der Waals surface area contributed by atoms with Crippen molar-refractivity contribution in [2.24, 2.45) is 0 Å². The lowest BCUT2D eigenvalue weighted by molar-refractivity contribution is 0.109. The summed E-state index contributed by atoms with van der Waals surface area (Å²) >= 11 is 0. The van der Waals surface area contributed by atoms with E-state index >= 15 is 0 Å². The fourth-order valence-electron chi connectivity index (χ4n) is 1.37. The summed E-state index contributed by atoms with van der Waals surface area (Å²) in [5.41, 5.74) is 0.383. The SMILES string of the molecule is COc1ccc([C@H](N[S@](=O)C(C)(C)C)C(F)F)cc1. The topological polar surface area (TPSA) is 38.3 Å². The average molecular weight is 291 g/mol. The Kier molecular flexibility index (Phi) is 5.43. The summed E-state index contributed by atoms with van der Waals surface area (Å²) in [4.78, 5) is 0. The maximum absolute atomic E-state index is 13.1. The van der Waals surface area contributed by atoms with Crippen molar-refractivity contribution in [2.45, 2.75) is 38.0 Å². The molecule has 0 heterocycles. The molecule has 0 amide bonds. The predicted molar refractivity (Wildman–Crippen MR) is 72.8 cm³/mol. The highest BCUT2D eigenvalue weighted by Crippen LogP contribution is 2.25. The van der Waals surface area contributed by atoms with Crippen molar-refractivity contribution in [3.63, 3.8) is 0 Å². The molecule has 19 heavy (non-hydrogen) atoms. The Bertz CT molecular complexity index is 429. The molecular formula is C13H19F2NO2S. The Morgan fingerprint density at radius 2 is 1.74 bits per heavy atom. The molecule has 1 rings (SSSR count). The van der Waals surface area contributed by atoms with Gasteiger partial charge < -0.3 is 4.74 Å². The first-order chi connectivity index (χ1) is 8.75. The highest BCUT2D eigenvalue weighted by atomic mass is 32.2. The summed E-state index contributed by atoms with van der Waals surface area (Å²) in [5.74, 6) is 0.591. The smallest absolute Gasteiger partial charge is 0.258 e. The summed E-state index contributed by atoms with van der Waals surface area (Å²) in [6, 6.07) is 5.04. The van der Waals surface area contributed by atoms with E-state index in [1.165, 1.54) is 7.11 Å². The molecule has 1 aromatic carbocycles. The lowest BCUT2D eigenvalue weighted by Gasteiger charge is -2.24. The third-order valence-corrected chi connectivity index (χ3v) is 4.10. The number of nitrogens with one attached hydrogen (secondary N) is 1. The molecule has 0 aliphatic heterocycles. The Hall–Kier alpha value is -1.01. The van der Waals surface area contributed by atoms with Crippen molar-refractivity contribution >= 4 is 11.0 Å². The first kappa shape index (κ1) is 16.0. The number of alkyl halides is 2. The largest absolute Gasteiger partial charge is 0.497 e.